The summed E-state index contributed by atoms with van der Waals surface area (Å²) in [6, 6.07) is 7.69. The summed E-state index contributed by atoms with van der Waals surface area (Å²) >= 11 is 0. The van der Waals surface area contributed by atoms with Gasteiger partial charge in [0.1, 0.15) is 6.04 Å². The number of rotatable bonds is 5. The molecule has 3 heterocycles. The number of carbonyl (C=O) groups excluding carboxylic acids is 2. The first-order valence-corrected chi connectivity index (χ1v) is 11.1. The molecule has 10 heteroatoms. The number of likely N-dealkylation sites (N-methyl/N-ethyl adjacent to an activating group) is 1. The lowest BCUT2D eigenvalue weighted by molar-refractivity contribution is -0.131. The first-order valence-electron chi connectivity index (χ1n) is 11.1. The van der Waals surface area contributed by atoms with Crippen LogP contribution < -0.4 is 5.32 Å². The Morgan fingerprint density at radius 3 is 2.76 bits per heavy atom. The van der Waals surface area contributed by atoms with Gasteiger partial charge in [-0.1, -0.05) is 6.07 Å². The minimum absolute atomic E-state index is 0.330. The third-order valence-electron chi connectivity index (χ3n) is 6.17. The largest absolute Gasteiger partial charge is 0.375 e. The van der Waals surface area contributed by atoms with Crippen molar-refractivity contribution in [3.05, 3.63) is 47.8 Å². The van der Waals surface area contributed by atoms with E-state index in [9.17, 15) is 18.4 Å². The number of fused-ring (bicyclic) bond motifs is 1. The van der Waals surface area contributed by atoms with Crippen LogP contribution in [0.15, 0.2) is 36.7 Å². The predicted octanol–water partition coefficient (Wildman–Crippen LogP) is 1.94. The smallest absolute Gasteiger partial charge is 0.268 e. The van der Waals surface area contributed by atoms with Crippen molar-refractivity contribution in [2.45, 2.75) is 18.4 Å². The van der Waals surface area contributed by atoms with Crippen LogP contribution in [0.2, 0.25) is 0 Å². The summed E-state index contributed by atoms with van der Waals surface area (Å²) in [6.45, 7) is 2.60. The second-order valence-electron chi connectivity index (χ2n) is 8.70. The van der Waals surface area contributed by atoms with Crippen LogP contribution in [-0.4, -0.2) is 89.8 Å². The SMILES string of the molecule is CN1CCN(C=Cc2ccc3nccc(C(=O)NCC(=O)N4CC(F)(F)CC4C#N)c3c2)CC1. The van der Waals surface area contributed by atoms with Crippen LogP contribution in [-0.2, 0) is 4.79 Å². The molecule has 2 aliphatic rings. The van der Waals surface area contributed by atoms with Crippen molar-refractivity contribution in [2.75, 3.05) is 46.3 Å². The highest BCUT2D eigenvalue weighted by Gasteiger charge is 2.47. The van der Waals surface area contributed by atoms with E-state index in [0.717, 1.165) is 36.6 Å². The summed E-state index contributed by atoms with van der Waals surface area (Å²) in [4.78, 5) is 34.9. The van der Waals surface area contributed by atoms with E-state index in [4.69, 9.17) is 5.26 Å². The minimum atomic E-state index is -3.10. The average Bonchev–Trinajstić information content (AvgIpc) is 3.16. The fourth-order valence-electron chi connectivity index (χ4n) is 4.18. The molecule has 178 valence electrons. The lowest BCUT2D eigenvalue weighted by Gasteiger charge is -2.31. The number of benzene rings is 1. The lowest BCUT2D eigenvalue weighted by atomic mass is 10.1. The van der Waals surface area contributed by atoms with Crippen molar-refractivity contribution in [2.24, 2.45) is 0 Å². The van der Waals surface area contributed by atoms with E-state index in [2.05, 4.69) is 27.1 Å². The van der Waals surface area contributed by atoms with E-state index in [-0.39, 0.29) is 0 Å². The quantitative estimate of drug-likeness (QED) is 0.721. The summed E-state index contributed by atoms with van der Waals surface area (Å²) in [6.07, 6.45) is 4.84. The number of likely N-dealkylation sites (tertiary alicyclic amines) is 1. The number of halogens is 2. The maximum absolute atomic E-state index is 13.6. The van der Waals surface area contributed by atoms with Crippen LogP contribution in [0.3, 0.4) is 0 Å². The molecule has 0 spiro atoms. The van der Waals surface area contributed by atoms with Gasteiger partial charge in [0.2, 0.25) is 5.91 Å². The van der Waals surface area contributed by atoms with Crippen LogP contribution in [0.1, 0.15) is 22.3 Å². The number of amides is 2. The normalized spacial score (nSPS) is 20.6. The molecule has 2 aliphatic heterocycles. The molecule has 1 atom stereocenters. The third-order valence-corrected chi connectivity index (χ3v) is 6.17. The highest BCUT2D eigenvalue weighted by atomic mass is 19.3. The predicted molar refractivity (Wildman–Crippen MR) is 123 cm³/mol. The van der Waals surface area contributed by atoms with Gasteiger partial charge in [0.15, 0.2) is 0 Å². The molecule has 1 unspecified atom stereocenters. The number of piperazine rings is 1. The van der Waals surface area contributed by atoms with Crippen molar-refractivity contribution in [1.82, 2.24) is 25.0 Å². The second-order valence-corrected chi connectivity index (χ2v) is 8.70. The molecule has 2 fully saturated rings. The standard InChI is InChI=1S/C24H26F2N6O2/c1-30-8-10-31(11-9-30)7-5-17-2-3-21-20(12-17)19(4-6-28-21)23(34)29-15-22(33)32-16-24(25,26)13-18(32)14-27/h2-7,12,18H,8-11,13,15-16H2,1H3,(H,29,34). The van der Waals surface area contributed by atoms with Crippen LogP contribution in [0.4, 0.5) is 8.78 Å². The Balaban J connectivity index is 1.45. The Hall–Kier alpha value is -3.58. The molecule has 2 aromatic rings. The van der Waals surface area contributed by atoms with E-state index in [1.54, 1.807) is 12.1 Å². The molecule has 0 saturated carbocycles. The third kappa shape index (κ3) is 5.31. The van der Waals surface area contributed by atoms with Gasteiger partial charge < -0.3 is 20.0 Å². The zero-order valence-corrected chi connectivity index (χ0v) is 18.9. The average molecular weight is 469 g/mol. The van der Waals surface area contributed by atoms with Crippen molar-refractivity contribution in [3.63, 3.8) is 0 Å². The number of nitrogens with zero attached hydrogens (tertiary/aromatic N) is 5. The molecule has 1 N–H and O–H groups in total. The molecule has 0 radical (unpaired) electrons. The molecular weight excluding hydrogens is 442 g/mol. The number of aromatic nitrogens is 1. The minimum Gasteiger partial charge on any atom is -0.375 e. The number of hydrogen-bond acceptors (Lipinski definition) is 6. The van der Waals surface area contributed by atoms with Gasteiger partial charge in [0.05, 0.1) is 30.2 Å². The summed E-state index contributed by atoms with van der Waals surface area (Å²) < 4.78 is 27.2. The van der Waals surface area contributed by atoms with Gasteiger partial charge in [0, 0.05) is 44.2 Å². The summed E-state index contributed by atoms with van der Waals surface area (Å²) in [7, 11) is 2.10. The highest BCUT2D eigenvalue weighted by molar-refractivity contribution is 6.07. The van der Waals surface area contributed by atoms with Gasteiger partial charge in [-0.05, 0) is 43.1 Å². The van der Waals surface area contributed by atoms with E-state index in [1.807, 2.05) is 30.5 Å². The fourth-order valence-corrected chi connectivity index (χ4v) is 4.18. The topological polar surface area (TPSA) is 92.6 Å². The van der Waals surface area contributed by atoms with Crippen LogP contribution in [0.25, 0.3) is 17.0 Å². The molecule has 4 rings (SSSR count). The zero-order valence-electron chi connectivity index (χ0n) is 18.9. The van der Waals surface area contributed by atoms with Crippen molar-refractivity contribution in [1.29, 1.82) is 5.26 Å². The van der Waals surface area contributed by atoms with Crippen LogP contribution in [0, 0.1) is 11.3 Å². The first kappa shape index (κ1) is 23.6. The number of hydrogen-bond donors (Lipinski definition) is 1. The lowest BCUT2D eigenvalue weighted by Crippen LogP contribution is -2.43. The van der Waals surface area contributed by atoms with Crippen molar-refractivity contribution < 1.29 is 18.4 Å². The molecule has 34 heavy (non-hydrogen) atoms. The van der Waals surface area contributed by atoms with E-state index in [1.165, 1.54) is 6.20 Å². The van der Waals surface area contributed by atoms with Gasteiger partial charge in [0.25, 0.3) is 11.8 Å². The van der Waals surface area contributed by atoms with Gasteiger partial charge in [-0.3, -0.25) is 14.6 Å². The monoisotopic (exact) mass is 468 g/mol. The number of nitrogens with one attached hydrogen (secondary N) is 1. The molecule has 8 nitrogen and oxygen atoms in total. The fraction of sp³-hybridized carbons (Fsp3) is 0.417. The van der Waals surface area contributed by atoms with Crippen LogP contribution in [0.5, 0.6) is 0 Å². The summed E-state index contributed by atoms with van der Waals surface area (Å²) in [5, 5.41) is 12.2. The molecule has 0 aliphatic carbocycles. The Labute approximate surface area is 196 Å². The molecule has 2 saturated heterocycles. The number of nitriles is 1. The number of pyridine rings is 1. The Kier molecular flexibility index (Phi) is 6.75. The molecule has 1 aromatic carbocycles. The maximum Gasteiger partial charge on any atom is 0.268 e. The van der Waals surface area contributed by atoms with Crippen molar-refractivity contribution in [3.8, 4) is 6.07 Å². The maximum atomic E-state index is 13.6. The molecule has 0 bridgehead atoms. The molecule has 1 aromatic heterocycles. The Morgan fingerprint density at radius 2 is 2.03 bits per heavy atom. The highest BCUT2D eigenvalue weighted by Crippen LogP contribution is 2.31. The van der Waals surface area contributed by atoms with E-state index >= 15 is 0 Å². The van der Waals surface area contributed by atoms with E-state index in [0.29, 0.717) is 16.5 Å². The number of alkyl halides is 2. The van der Waals surface area contributed by atoms with Gasteiger partial charge in [-0.25, -0.2) is 8.78 Å². The van der Waals surface area contributed by atoms with Gasteiger partial charge in [-0.2, -0.15) is 5.26 Å². The first-order chi connectivity index (χ1) is 16.3. The summed E-state index contributed by atoms with van der Waals surface area (Å²) in [5.41, 5.74) is 1.86. The Bertz CT molecular complexity index is 1150. The van der Waals surface area contributed by atoms with Crippen LogP contribution >= 0.6 is 0 Å². The summed E-state index contributed by atoms with van der Waals surface area (Å²) in [5.74, 6) is -4.33. The second kappa shape index (κ2) is 9.73. The van der Waals surface area contributed by atoms with E-state index < -0.39 is 43.3 Å². The number of carbonyl (C=O) groups is 2. The van der Waals surface area contributed by atoms with Crippen molar-refractivity contribution >= 4 is 28.8 Å². The Morgan fingerprint density at radius 1 is 1.26 bits per heavy atom. The molecular formula is C24H26F2N6O2. The van der Waals surface area contributed by atoms with Gasteiger partial charge >= 0.3 is 0 Å². The molecule has 2 amide bonds. The van der Waals surface area contributed by atoms with Gasteiger partial charge in [-0.15, -0.1) is 0 Å². The zero-order chi connectivity index (χ0) is 24.3.